The number of hydrogen-bond acceptors (Lipinski definition) is 2. The molecule has 1 aliphatic heterocycles. The molecular weight excluding hydrogens is 270 g/mol. The van der Waals surface area contributed by atoms with Crippen molar-refractivity contribution in [2.24, 2.45) is 5.92 Å². The summed E-state index contributed by atoms with van der Waals surface area (Å²) >= 11 is 0. The molecule has 0 saturated carbocycles. The lowest BCUT2D eigenvalue weighted by Gasteiger charge is -2.29. The number of Topliss-reactive ketones (excluding diaryl/α,β-unsaturated/α-hetero) is 1. The molecule has 0 N–H and O–H groups in total. The Bertz CT molecular complexity index is 668. The van der Waals surface area contributed by atoms with Crippen LogP contribution < -0.4 is 0 Å². The van der Waals surface area contributed by atoms with Gasteiger partial charge in [-0.1, -0.05) is 42.8 Å². The normalized spacial score (nSPS) is 17.0. The van der Waals surface area contributed by atoms with Gasteiger partial charge in [0, 0.05) is 18.5 Å². The smallest absolute Gasteiger partial charge is 0.164 e. The van der Waals surface area contributed by atoms with Gasteiger partial charge in [-0.05, 0) is 55.6 Å². The molecule has 0 unspecified atom stereocenters. The largest absolute Gasteiger partial charge is 0.303 e. The van der Waals surface area contributed by atoms with Crippen molar-refractivity contribution in [2.45, 2.75) is 33.1 Å². The van der Waals surface area contributed by atoms with Crippen LogP contribution in [0.25, 0.3) is 10.8 Å². The number of rotatable bonds is 4. The average molecular weight is 295 g/mol. The fraction of sp³-hybridized carbons (Fsp3) is 0.450. The van der Waals surface area contributed by atoms with Gasteiger partial charge in [-0.15, -0.1) is 0 Å². The minimum atomic E-state index is 0.265. The monoisotopic (exact) mass is 295 g/mol. The van der Waals surface area contributed by atoms with E-state index < -0.39 is 0 Å². The van der Waals surface area contributed by atoms with E-state index in [1.54, 1.807) is 0 Å². The second-order valence-corrected chi connectivity index (χ2v) is 6.76. The molecule has 2 heteroatoms. The maximum absolute atomic E-state index is 12.4. The van der Waals surface area contributed by atoms with Crippen molar-refractivity contribution >= 4 is 16.6 Å². The number of carbonyl (C=O) groups is 1. The SMILES string of the molecule is Cc1ccc2cc(C(=O)CCN3CCC(C)CC3)ccc2c1. The van der Waals surface area contributed by atoms with Crippen LogP contribution in [-0.2, 0) is 0 Å². The first-order chi connectivity index (χ1) is 10.6. The highest BCUT2D eigenvalue weighted by atomic mass is 16.1. The third-order valence-electron chi connectivity index (χ3n) is 4.85. The summed E-state index contributed by atoms with van der Waals surface area (Å²) in [6.07, 6.45) is 3.17. The topological polar surface area (TPSA) is 20.3 Å². The summed E-state index contributed by atoms with van der Waals surface area (Å²) in [5, 5.41) is 2.37. The molecule has 116 valence electrons. The van der Waals surface area contributed by atoms with Gasteiger partial charge in [0.05, 0.1) is 0 Å². The van der Waals surface area contributed by atoms with Gasteiger partial charge < -0.3 is 4.90 Å². The van der Waals surface area contributed by atoms with E-state index in [4.69, 9.17) is 0 Å². The molecule has 0 aromatic heterocycles. The fourth-order valence-corrected chi connectivity index (χ4v) is 3.23. The highest BCUT2D eigenvalue weighted by Crippen LogP contribution is 2.20. The molecule has 3 rings (SSSR count). The van der Waals surface area contributed by atoms with Crippen LogP contribution >= 0.6 is 0 Å². The molecule has 0 aliphatic carbocycles. The van der Waals surface area contributed by atoms with Crippen LogP contribution in [0.15, 0.2) is 36.4 Å². The average Bonchev–Trinajstić information content (AvgIpc) is 2.53. The summed E-state index contributed by atoms with van der Waals surface area (Å²) in [5.41, 5.74) is 2.10. The van der Waals surface area contributed by atoms with Gasteiger partial charge >= 0.3 is 0 Å². The van der Waals surface area contributed by atoms with E-state index in [1.165, 1.54) is 23.8 Å². The zero-order chi connectivity index (χ0) is 15.5. The minimum absolute atomic E-state index is 0.265. The van der Waals surface area contributed by atoms with Crippen molar-refractivity contribution in [1.82, 2.24) is 4.90 Å². The Hall–Kier alpha value is -1.67. The number of likely N-dealkylation sites (tertiary alicyclic amines) is 1. The van der Waals surface area contributed by atoms with Crippen LogP contribution in [0.4, 0.5) is 0 Å². The number of piperidine rings is 1. The van der Waals surface area contributed by atoms with Gasteiger partial charge in [-0.25, -0.2) is 0 Å². The second kappa shape index (κ2) is 6.62. The first-order valence-electron chi connectivity index (χ1n) is 8.38. The molecule has 2 aromatic rings. The molecule has 0 atom stereocenters. The fourth-order valence-electron chi connectivity index (χ4n) is 3.23. The molecule has 1 heterocycles. The summed E-state index contributed by atoms with van der Waals surface area (Å²) < 4.78 is 0. The number of benzene rings is 2. The lowest BCUT2D eigenvalue weighted by Crippen LogP contribution is -2.34. The molecular formula is C20H25NO. The lowest BCUT2D eigenvalue weighted by atomic mass is 9.98. The molecule has 1 saturated heterocycles. The maximum Gasteiger partial charge on any atom is 0.164 e. The van der Waals surface area contributed by atoms with E-state index in [0.29, 0.717) is 6.42 Å². The Kier molecular flexibility index (Phi) is 4.58. The molecule has 0 amide bonds. The predicted octanol–water partition coefficient (Wildman–Crippen LogP) is 4.45. The van der Waals surface area contributed by atoms with E-state index in [2.05, 4.69) is 43.0 Å². The van der Waals surface area contributed by atoms with E-state index in [1.807, 2.05) is 12.1 Å². The van der Waals surface area contributed by atoms with Crippen molar-refractivity contribution in [3.8, 4) is 0 Å². The van der Waals surface area contributed by atoms with Crippen LogP contribution in [0.5, 0.6) is 0 Å². The predicted molar refractivity (Wildman–Crippen MR) is 92.5 cm³/mol. The third-order valence-corrected chi connectivity index (χ3v) is 4.85. The molecule has 1 aliphatic rings. The summed E-state index contributed by atoms with van der Waals surface area (Å²) in [6.45, 7) is 7.60. The van der Waals surface area contributed by atoms with E-state index >= 15 is 0 Å². The molecule has 2 nitrogen and oxygen atoms in total. The second-order valence-electron chi connectivity index (χ2n) is 6.76. The number of ketones is 1. The summed E-state index contributed by atoms with van der Waals surface area (Å²) in [5.74, 6) is 1.11. The van der Waals surface area contributed by atoms with Crippen molar-refractivity contribution in [3.63, 3.8) is 0 Å². The zero-order valence-electron chi connectivity index (χ0n) is 13.6. The lowest BCUT2D eigenvalue weighted by molar-refractivity contribution is 0.0953. The summed E-state index contributed by atoms with van der Waals surface area (Å²) in [7, 11) is 0. The molecule has 0 spiro atoms. The highest BCUT2D eigenvalue weighted by Gasteiger charge is 2.16. The number of nitrogens with zero attached hydrogens (tertiary/aromatic N) is 1. The molecule has 2 aromatic carbocycles. The van der Waals surface area contributed by atoms with Crippen molar-refractivity contribution < 1.29 is 4.79 Å². The van der Waals surface area contributed by atoms with Crippen LogP contribution in [0, 0.1) is 12.8 Å². The number of hydrogen-bond donors (Lipinski definition) is 0. The van der Waals surface area contributed by atoms with Crippen LogP contribution in [0.3, 0.4) is 0 Å². The van der Waals surface area contributed by atoms with Gasteiger partial charge in [0.1, 0.15) is 0 Å². The van der Waals surface area contributed by atoms with Crippen LogP contribution in [-0.4, -0.2) is 30.3 Å². The molecule has 0 bridgehead atoms. The number of fused-ring (bicyclic) bond motifs is 1. The Morgan fingerprint density at radius 3 is 2.55 bits per heavy atom. The minimum Gasteiger partial charge on any atom is -0.303 e. The van der Waals surface area contributed by atoms with Gasteiger partial charge in [0.15, 0.2) is 5.78 Å². The van der Waals surface area contributed by atoms with Crippen LogP contribution in [0.2, 0.25) is 0 Å². The first kappa shape index (κ1) is 15.2. The van der Waals surface area contributed by atoms with Crippen molar-refractivity contribution in [2.75, 3.05) is 19.6 Å². The van der Waals surface area contributed by atoms with Gasteiger partial charge in [0.2, 0.25) is 0 Å². The quantitative estimate of drug-likeness (QED) is 0.777. The Balaban J connectivity index is 1.63. The summed E-state index contributed by atoms with van der Waals surface area (Å²) in [6, 6.07) is 12.5. The van der Waals surface area contributed by atoms with E-state index in [-0.39, 0.29) is 5.78 Å². The van der Waals surface area contributed by atoms with E-state index in [9.17, 15) is 4.79 Å². The number of carbonyl (C=O) groups excluding carboxylic acids is 1. The number of aryl methyl sites for hydroxylation is 1. The van der Waals surface area contributed by atoms with Gasteiger partial charge in [-0.3, -0.25) is 4.79 Å². The Labute approximate surface area is 133 Å². The van der Waals surface area contributed by atoms with Crippen molar-refractivity contribution in [3.05, 3.63) is 47.5 Å². The van der Waals surface area contributed by atoms with Gasteiger partial charge in [-0.2, -0.15) is 0 Å². The highest BCUT2D eigenvalue weighted by molar-refractivity contribution is 6.00. The summed E-state index contributed by atoms with van der Waals surface area (Å²) in [4.78, 5) is 14.9. The maximum atomic E-state index is 12.4. The van der Waals surface area contributed by atoms with Crippen molar-refractivity contribution in [1.29, 1.82) is 0 Å². The zero-order valence-corrected chi connectivity index (χ0v) is 13.6. The first-order valence-corrected chi connectivity index (χ1v) is 8.38. The van der Waals surface area contributed by atoms with Crippen LogP contribution in [0.1, 0.15) is 42.1 Å². The van der Waals surface area contributed by atoms with E-state index in [0.717, 1.165) is 36.5 Å². The standard InChI is InChI=1S/C20H25NO/c1-15-7-10-21(11-8-15)12-9-20(22)19-6-5-17-13-16(2)3-4-18(17)14-19/h3-6,13-15H,7-12H2,1-2H3. The third kappa shape index (κ3) is 3.56. The Morgan fingerprint density at radius 2 is 1.77 bits per heavy atom. The molecule has 1 fully saturated rings. The van der Waals surface area contributed by atoms with Gasteiger partial charge in [0.25, 0.3) is 0 Å². The molecule has 0 radical (unpaired) electrons. The Morgan fingerprint density at radius 1 is 1.09 bits per heavy atom. The molecule has 22 heavy (non-hydrogen) atoms.